The van der Waals surface area contributed by atoms with Crippen LogP contribution in [0, 0.1) is 11.8 Å². The summed E-state index contributed by atoms with van der Waals surface area (Å²) in [7, 11) is 3.92. The van der Waals surface area contributed by atoms with Gasteiger partial charge in [0, 0.05) is 45.3 Å². The number of hydrogen-bond acceptors (Lipinski definition) is 3. The molecule has 2 fully saturated rings. The Bertz CT molecular complexity index is 557. The summed E-state index contributed by atoms with van der Waals surface area (Å²) >= 11 is 0. The van der Waals surface area contributed by atoms with Gasteiger partial charge in [-0.25, -0.2) is 0 Å². The van der Waals surface area contributed by atoms with Crippen LogP contribution in [-0.2, 0) is 11.3 Å². The fourth-order valence-corrected chi connectivity index (χ4v) is 3.04. The van der Waals surface area contributed by atoms with Crippen molar-refractivity contribution in [3.63, 3.8) is 0 Å². The highest BCUT2D eigenvalue weighted by atomic mass is 127. The van der Waals surface area contributed by atoms with E-state index in [-0.39, 0.29) is 24.0 Å². The van der Waals surface area contributed by atoms with E-state index in [4.69, 9.17) is 9.47 Å². The largest absolute Gasteiger partial charge is 0.493 e. The minimum absolute atomic E-state index is 0. The minimum atomic E-state index is 0. The van der Waals surface area contributed by atoms with E-state index in [9.17, 15) is 0 Å². The van der Waals surface area contributed by atoms with Crippen molar-refractivity contribution in [3.8, 4) is 5.75 Å². The number of aliphatic imine (C=N–C) groups is 1. The average molecular weight is 459 g/mol. The van der Waals surface area contributed by atoms with Crippen molar-refractivity contribution in [2.24, 2.45) is 16.8 Å². The number of halogens is 1. The SMILES string of the molecule is CN=C(NCc1ccccc1OCC1CC1)N(C)CC1CCOC1.I. The third kappa shape index (κ3) is 6.33. The summed E-state index contributed by atoms with van der Waals surface area (Å²) in [4.78, 5) is 6.60. The van der Waals surface area contributed by atoms with Crippen molar-refractivity contribution in [1.82, 2.24) is 10.2 Å². The van der Waals surface area contributed by atoms with Crippen LogP contribution < -0.4 is 10.1 Å². The van der Waals surface area contributed by atoms with Crippen LogP contribution in [0.25, 0.3) is 0 Å². The third-order valence-electron chi connectivity index (χ3n) is 4.71. The Kier molecular flexibility index (Phi) is 8.29. The van der Waals surface area contributed by atoms with Gasteiger partial charge in [-0.05, 0) is 31.2 Å². The van der Waals surface area contributed by atoms with Gasteiger partial charge in [-0.15, -0.1) is 24.0 Å². The first-order valence-corrected chi connectivity index (χ1v) is 8.96. The van der Waals surface area contributed by atoms with Gasteiger partial charge in [0.25, 0.3) is 0 Å². The molecule has 1 unspecified atom stereocenters. The van der Waals surface area contributed by atoms with Crippen LogP contribution in [0.15, 0.2) is 29.3 Å². The van der Waals surface area contributed by atoms with Crippen molar-refractivity contribution in [3.05, 3.63) is 29.8 Å². The Morgan fingerprint density at radius 3 is 2.76 bits per heavy atom. The molecular weight excluding hydrogens is 429 g/mol. The Labute approximate surface area is 168 Å². The van der Waals surface area contributed by atoms with Crippen molar-refractivity contribution >= 4 is 29.9 Å². The van der Waals surface area contributed by atoms with Crippen LogP contribution in [0.3, 0.4) is 0 Å². The lowest BCUT2D eigenvalue weighted by Gasteiger charge is -2.24. The molecule has 5 nitrogen and oxygen atoms in total. The lowest BCUT2D eigenvalue weighted by Crippen LogP contribution is -2.41. The van der Waals surface area contributed by atoms with Crippen molar-refractivity contribution in [2.45, 2.75) is 25.8 Å². The quantitative estimate of drug-likeness (QED) is 0.387. The first-order valence-electron chi connectivity index (χ1n) is 8.96. The van der Waals surface area contributed by atoms with Crippen LogP contribution in [0.2, 0.25) is 0 Å². The molecule has 25 heavy (non-hydrogen) atoms. The zero-order valence-corrected chi connectivity index (χ0v) is 17.6. The van der Waals surface area contributed by atoms with E-state index in [0.29, 0.717) is 5.92 Å². The number of benzene rings is 1. The third-order valence-corrected chi connectivity index (χ3v) is 4.71. The summed E-state index contributed by atoms with van der Waals surface area (Å²) < 4.78 is 11.4. The predicted octanol–water partition coefficient (Wildman–Crippen LogP) is 3.14. The van der Waals surface area contributed by atoms with Crippen LogP contribution in [0.5, 0.6) is 5.75 Å². The number of nitrogens with one attached hydrogen (secondary N) is 1. The first-order chi connectivity index (χ1) is 11.8. The zero-order valence-electron chi connectivity index (χ0n) is 15.2. The normalized spacial score (nSPS) is 20.1. The van der Waals surface area contributed by atoms with Gasteiger partial charge in [0.1, 0.15) is 5.75 Å². The van der Waals surface area contributed by atoms with E-state index in [1.54, 1.807) is 0 Å². The Balaban J connectivity index is 0.00000225. The highest BCUT2D eigenvalue weighted by molar-refractivity contribution is 14.0. The van der Waals surface area contributed by atoms with Crippen LogP contribution in [-0.4, -0.2) is 51.3 Å². The van der Waals surface area contributed by atoms with Crippen molar-refractivity contribution < 1.29 is 9.47 Å². The smallest absolute Gasteiger partial charge is 0.193 e. The van der Waals surface area contributed by atoms with Gasteiger partial charge in [-0.1, -0.05) is 18.2 Å². The molecule has 0 aromatic heterocycles. The number of hydrogen-bond donors (Lipinski definition) is 1. The molecule has 0 spiro atoms. The van der Waals surface area contributed by atoms with Gasteiger partial charge in [-0.2, -0.15) is 0 Å². The lowest BCUT2D eigenvalue weighted by molar-refractivity contribution is 0.181. The second kappa shape index (κ2) is 10.2. The first kappa shape index (κ1) is 20.3. The average Bonchev–Trinajstić information content (AvgIpc) is 3.29. The molecule has 1 aliphatic carbocycles. The zero-order chi connectivity index (χ0) is 16.8. The highest BCUT2D eigenvalue weighted by Crippen LogP contribution is 2.30. The fourth-order valence-electron chi connectivity index (χ4n) is 3.04. The van der Waals surface area contributed by atoms with Gasteiger partial charge >= 0.3 is 0 Å². The monoisotopic (exact) mass is 459 g/mol. The second-order valence-corrected chi connectivity index (χ2v) is 6.87. The van der Waals surface area contributed by atoms with E-state index in [2.05, 4.69) is 40.5 Å². The van der Waals surface area contributed by atoms with Gasteiger partial charge < -0.3 is 19.7 Å². The molecule has 3 rings (SSSR count). The summed E-state index contributed by atoms with van der Waals surface area (Å²) in [6.07, 6.45) is 3.75. The summed E-state index contributed by atoms with van der Waals surface area (Å²) in [5, 5.41) is 3.46. The van der Waals surface area contributed by atoms with E-state index in [1.165, 1.54) is 18.4 Å². The molecule has 1 saturated carbocycles. The Morgan fingerprint density at radius 2 is 2.08 bits per heavy atom. The number of para-hydroxylation sites is 1. The van der Waals surface area contributed by atoms with E-state index in [0.717, 1.165) is 57.0 Å². The molecule has 1 aromatic carbocycles. The summed E-state index contributed by atoms with van der Waals surface area (Å²) in [5.41, 5.74) is 1.18. The number of nitrogens with zero attached hydrogens (tertiary/aromatic N) is 2. The molecule has 0 radical (unpaired) electrons. The molecule has 1 N–H and O–H groups in total. The Morgan fingerprint density at radius 1 is 1.28 bits per heavy atom. The highest BCUT2D eigenvalue weighted by Gasteiger charge is 2.22. The summed E-state index contributed by atoms with van der Waals surface area (Å²) in [6, 6.07) is 8.27. The van der Waals surface area contributed by atoms with E-state index < -0.39 is 0 Å². The molecule has 1 aliphatic heterocycles. The fraction of sp³-hybridized carbons (Fsp3) is 0.632. The second-order valence-electron chi connectivity index (χ2n) is 6.87. The molecule has 140 valence electrons. The molecular formula is C19H30IN3O2. The topological polar surface area (TPSA) is 46.1 Å². The lowest BCUT2D eigenvalue weighted by atomic mass is 10.1. The number of rotatable bonds is 7. The van der Waals surface area contributed by atoms with E-state index >= 15 is 0 Å². The maximum atomic E-state index is 5.99. The van der Waals surface area contributed by atoms with Crippen LogP contribution in [0.4, 0.5) is 0 Å². The summed E-state index contributed by atoms with van der Waals surface area (Å²) in [6.45, 7) is 4.28. The molecule has 1 aromatic rings. The maximum Gasteiger partial charge on any atom is 0.193 e. The minimum Gasteiger partial charge on any atom is -0.493 e. The number of guanidine groups is 1. The summed E-state index contributed by atoms with van der Waals surface area (Å²) in [5.74, 6) is 3.26. The maximum absolute atomic E-state index is 5.99. The predicted molar refractivity (Wildman–Crippen MR) is 112 cm³/mol. The van der Waals surface area contributed by atoms with Gasteiger partial charge in [0.05, 0.1) is 13.2 Å². The van der Waals surface area contributed by atoms with Gasteiger partial charge in [0.15, 0.2) is 5.96 Å². The number of ether oxygens (including phenoxy) is 2. The standard InChI is InChI=1S/C19H29N3O2.HI/c1-20-19(22(2)12-16-9-10-23-13-16)21-11-17-5-3-4-6-18(17)24-14-15-7-8-15;/h3-6,15-16H,7-14H2,1-2H3,(H,20,21);1H. The Hall–Kier alpha value is -1.02. The molecule has 1 heterocycles. The molecule has 0 bridgehead atoms. The van der Waals surface area contributed by atoms with Gasteiger partial charge in [0.2, 0.25) is 0 Å². The van der Waals surface area contributed by atoms with Gasteiger partial charge in [-0.3, -0.25) is 4.99 Å². The van der Waals surface area contributed by atoms with Crippen LogP contribution >= 0.6 is 24.0 Å². The molecule has 1 saturated heterocycles. The molecule has 2 aliphatic rings. The van der Waals surface area contributed by atoms with Crippen molar-refractivity contribution in [1.29, 1.82) is 0 Å². The van der Waals surface area contributed by atoms with Crippen molar-refractivity contribution in [2.75, 3.05) is 40.5 Å². The molecule has 1 atom stereocenters. The van der Waals surface area contributed by atoms with E-state index in [1.807, 2.05) is 13.1 Å². The van der Waals surface area contributed by atoms with Crippen LogP contribution in [0.1, 0.15) is 24.8 Å². The molecule has 0 amide bonds. The molecule has 6 heteroatoms.